The molecule has 0 unspecified atom stereocenters. The summed E-state index contributed by atoms with van der Waals surface area (Å²) >= 11 is 0. The van der Waals surface area contributed by atoms with Crippen LogP contribution in [0.5, 0.6) is 0 Å². The van der Waals surface area contributed by atoms with Crippen LogP contribution in [0.2, 0.25) is 0 Å². The SMILES string of the molecule is CC(CO)(CO)CO.[H-].[K+]. The number of aliphatic hydroxyl groups is 3. The predicted molar refractivity (Wildman–Crippen MR) is 30.5 cm³/mol. The smallest absolute Gasteiger partial charge is 1.00 e. The normalized spacial score (nSPS) is 10.7. The first-order chi connectivity index (χ1) is 3.68. The first kappa shape index (κ1) is 13.1. The Morgan fingerprint density at radius 1 is 1.11 bits per heavy atom. The number of hydrogen-bond donors (Lipinski definition) is 3. The van der Waals surface area contributed by atoms with E-state index in [9.17, 15) is 0 Å². The summed E-state index contributed by atoms with van der Waals surface area (Å²) in [5.41, 5.74) is -0.708. The minimum atomic E-state index is -0.708. The maximum Gasteiger partial charge on any atom is 1.00 e. The second-order valence-electron chi connectivity index (χ2n) is 2.29. The molecule has 0 atom stereocenters. The molecule has 52 valence electrons. The number of rotatable bonds is 3. The van der Waals surface area contributed by atoms with Crippen molar-refractivity contribution in [2.24, 2.45) is 5.41 Å². The van der Waals surface area contributed by atoms with Crippen LogP contribution in [0.3, 0.4) is 0 Å². The van der Waals surface area contributed by atoms with Gasteiger partial charge in [-0.2, -0.15) is 0 Å². The zero-order valence-electron chi connectivity index (χ0n) is 6.96. The van der Waals surface area contributed by atoms with Crippen LogP contribution >= 0.6 is 0 Å². The third kappa shape index (κ3) is 4.86. The molecule has 0 aromatic heterocycles. The summed E-state index contributed by atoms with van der Waals surface area (Å²) in [4.78, 5) is 0. The van der Waals surface area contributed by atoms with E-state index in [-0.39, 0.29) is 72.6 Å². The van der Waals surface area contributed by atoms with E-state index in [0.717, 1.165) is 0 Å². The third-order valence-corrected chi connectivity index (χ3v) is 1.15. The van der Waals surface area contributed by atoms with Gasteiger partial charge >= 0.3 is 51.4 Å². The molecule has 0 aromatic rings. The van der Waals surface area contributed by atoms with Crippen molar-refractivity contribution in [1.82, 2.24) is 0 Å². The maximum atomic E-state index is 8.47. The molecule has 4 heteroatoms. The van der Waals surface area contributed by atoms with E-state index >= 15 is 0 Å². The summed E-state index contributed by atoms with van der Waals surface area (Å²) in [5, 5.41) is 25.4. The quantitative estimate of drug-likeness (QED) is 0.370. The fourth-order valence-corrected chi connectivity index (χ4v) is 0.150. The predicted octanol–water partition coefficient (Wildman–Crippen LogP) is -3.91. The van der Waals surface area contributed by atoms with Gasteiger partial charge in [0.1, 0.15) is 0 Å². The molecule has 0 radical (unpaired) electrons. The fourth-order valence-electron chi connectivity index (χ4n) is 0.150. The van der Waals surface area contributed by atoms with Gasteiger partial charge in [0.25, 0.3) is 0 Å². The molecule has 0 aliphatic heterocycles. The molecule has 0 amide bonds. The van der Waals surface area contributed by atoms with E-state index in [2.05, 4.69) is 0 Å². The monoisotopic (exact) mass is 160 g/mol. The Morgan fingerprint density at radius 3 is 1.33 bits per heavy atom. The van der Waals surface area contributed by atoms with Crippen LogP contribution < -0.4 is 51.4 Å². The van der Waals surface area contributed by atoms with Crippen LogP contribution in [-0.4, -0.2) is 35.1 Å². The summed E-state index contributed by atoms with van der Waals surface area (Å²) in [6.45, 7) is 1.06. The first-order valence-electron chi connectivity index (χ1n) is 2.51. The van der Waals surface area contributed by atoms with E-state index < -0.39 is 5.41 Å². The van der Waals surface area contributed by atoms with Gasteiger partial charge < -0.3 is 16.7 Å². The van der Waals surface area contributed by atoms with Crippen molar-refractivity contribution in [1.29, 1.82) is 0 Å². The van der Waals surface area contributed by atoms with Crippen LogP contribution in [-0.2, 0) is 0 Å². The zero-order valence-corrected chi connectivity index (χ0v) is 9.09. The van der Waals surface area contributed by atoms with Crippen molar-refractivity contribution in [3.8, 4) is 0 Å². The van der Waals surface area contributed by atoms with Crippen molar-refractivity contribution in [2.45, 2.75) is 6.92 Å². The van der Waals surface area contributed by atoms with Gasteiger partial charge in [-0.3, -0.25) is 0 Å². The van der Waals surface area contributed by atoms with Crippen LogP contribution in [0.1, 0.15) is 8.35 Å². The van der Waals surface area contributed by atoms with Gasteiger partial charge in [0.05, 0.1) is 19.8 Å². The van der Waals surface area contributed by atoms with Crippen molar-refractivity contribution >= 4 is 0 Å². The summed E-state index contributed by atoms with van der Waals surface area (Å²) in [6.07, 6.45) is 0. The minimum absolute atomic E-state index is 0. The molecule has 0 rings (SSSR count). The molecule has 0 heterocycles. The van der Waals surface area contributed by atoms with Gasteiger partial charge in [0.15, 0.2) is 0 Å². The molecular formula is C5H13KO3. The van der Waals surface area contributed by atoms with Crippen LogP contribution in [0.4, 0.5) is 0 Å². The number of hydrogen-bond acceptors (Lipinski definition) is 3. The van der Waals surface area contributed by atoms with E-state index in [4.69, 9.17) is 15.3 Å². The Bertz CT molecular complexity index is 59.6. The summed E-state index contributed by atoms with van der Waals surface area (Å²) in [7, 11) is 0. The third-order valence-electron chi connectivity index (χ3n) is 1.15. The second-order valence-corrected chi connectivity index (χ2v) is 2.29. The average Bonchev–Trinajstić information content (AvgIpc) is 1.87. The molecule has 3 nitrogen and oxygen atoms in total. The fraction of sp³-hybridized carbons (Fsp3) is 1.00. The molecule has 0 aliphatic rings. The number of aliphatic hydroxyl groups excluding tert-OH is 3. The van der Waals surface area contributed by atoms with Crippen molar-refractivity contribution < 1.29 is 68.1 Å². The Labute approximate surface area is 99.0 Å². The molecule has 0 aliphatic carbocycles. The molecule has 0 bridgehead atoms. The van der Waals surface area contributed by atoms with Gasteiger partial charge in [-0.15, -0.1) is 0 Å². The summed E-state index contributed by atoms with van der Waals surface area (Å²) in [5.74, 6) is 0. The Kier molecular flexibility index (Phi) is 9.11. The summed E-state index contributed by atoms with van der Waals surface area (Å²) in [6, 6.07) is 0. The van der Waals surface area contributed by atoms with Crippen molar-refractivity contribution in [3.05, 3.63) is 0 Å². The maximum absolute atomic E-state index is 8.47. The molecule has 3 N–H and O–H groups in total. The van der Waals surface area contributed by atoms with Crippen molar-refractivity contribution in [3.63, 3.8) is 0 Å². The molecule has 9 heavy (non-hydrogen) atoms. The Morgan fingerprint density at radius 2 is 1.33 bits per heavy atom. The van der Waals surface area contributed by atoms with E-state index in [0.29, 0.717) is 0 Å². The Balaban J connectivity index is -0.000000245. The second kappa shape index (κ2) is 6.24. The van der Waals surface area contributed by atoms with Gasteiger partial charge in [0.2, 0.25) is 0 Å². The van der Waals surface area contributed by atoms with E-state index in [1.54, 1.807) is 6.92 Å². The molecule has 0 saturated heterocycles. The van der Waals surface area contributed by atoms with E-state index in [1.165, 1.54) is 0 Å². The van der Waals surface area contributed by atoms with Gasteiger partial charge in [-0.05, 0) is 0 Å². The Hall–Kier alpha value is 1.52. The van der Waals surface area contributed by atoms with Crippen LogP contribution in [0.15, 0.2) is 0 Å². The summed E-state index contributed by atoms with van der Waals surface area (Å²) < 4.78 is 0. The standard InChI is InChI=1S/C5H12O3.K.H/c1-5(2-6,3-7)4-8;;/h6-8H,2-4H2,1H3;;/q;+1;-1. The minimum Gasteiger partial charge on any atom is -1.00 e. The van der Waals surface area contributed by atoms with E-state index in [1.807, 2.05) is 0 Å². The van der Waals surface area contributed by atoms with Crippen molar-refractivity contribution in [2.75, 3.05) is 19.8 Å². The average molecular weight is 160 g/mol. The molecular weight excluding hydrogens is 147 g/mol. The zero-order chi connectivity index (χ0) is 6.62. The van der Waals surface area contributed by atoms with Crippen LogP contribution in [0, 0.1) is 5.41 Å². The largest absolute Gasteiger partial charge is 1.00 e. The molecule has 0 aromatic carbocycles. The van der Waals surface area contributed by atoms with Gasteiger partial charge in [-0.1, -0.05) is 6.92 Å². The van der Waals surface area contributed by atoms with Gasteiger partial charge in [0, 0.05) is 5.41 Å². The molecule has 0 saturated carbocycles. The topological polar surface area (TPSA) is 60.7 Å². The molecule has 0 fully saturated rings. The van der Waals surface area contributed by atoms with Crippen LogP contribution in [0.25, 0.3) is 0 Å². The molecule has 0 spiro atoms. The first-order valence-corrected chi connectivity index (χ1v) is 2.51. The van der Waals surface area contributed by atoms with Gasteiger partial charge in [-0.25, -0.2) is 0 Å².